The molecule has 1 aliphatic rings. The van der Waals surface area contributed by atoms with Crippen molar-refractivity contribution >= 4 is 0 Å². The van der Waals surface area contributed by atoms with Crippen LogP contribution in [-0.4, -0.2) is 35.6 Å². The lowest BCUT2D eigenvalue weighted by molar-refractivity contribution is 0.551. The van der Waals surface area contributed by atoms with Crippen LogP contribution in [0.4, 0.5) is 0 Å². The normalized spacial score (nSPS) is 16.2. The van der Waals surface area contributed by atoms with Gasteiger partial charge in [0.15, 0.2) is 0 Å². The molecular weight excluding hydrogens is 338 g/mol. The van der Waals surface area contributed by atoms with Gasteiger partial charge in [0.05, 0.1) is 12.0 Å². The molecule has 0 amide bonds. The third-order valence-corrected chi connectivity index (χ3v) is 5.33. The minimum atomic E-state index is 0.447. The Balaban J connectivity index is 1.63. The number of hydrogen-bond acceptors (Lipinski definition) is 5. The minimum absolute atomic E-state index is 0.447. The smallest absolute Gasteiger partial charge is 0.205 e. The van der Waals surface area contributed by atoms with Crippen molar-refractivity contribution in [3.8, 4) is 22.8 Å². The zero-order valence-corrected chi connectivity index (χ0v) is 14.8. The van der Waals surface area contributed by atoms with Gasteiger partial charge in [0.25, 0.3) is 0 Å². The van der Waals surface area contributed by atoms with E-state index in [1.54, 1.807) is 12.5 Å². The van der Waals surface area contributed by atoms with Crippen molar-refractivity contribution in [3.05, 3.63) is 65.7 Å². The number of imidazole rings is 1. The second-order valence-corrected chi connectivity index (χ2v) is 6.87. The topological polar surface area (TPSA) is 96.0 Å². The van der Waals surface area contributed by atoms with E-state index in [0.717, 1.165) is 41.8 Å². The molecule has 27 heavy (non-hydrogen) atoms. The highest BCUT2D eigenvalue weighted by Crippen LogP contribution is 2.38. The van der Waals surface area contributed by atoms with Crippen molar-refractivity contribution in [2.45, 2.75) is 31.6 Å². The molecule has 5 rings (SSSR count). The van der Waals surface area contributed by atoms with Crippen molar-refractivity contribution in [3.63, 3.8) is 0 Å². The first-order valence-corrected chi connectivity index (χ1v) is 9.19. The summed E-state index contributed by atoms with van der Waals surface area (Å²) in [6.45, 7) is 0. The van der Waals surface area contributed by atoms with E-state index >= 15 is 0 Å². The molecule has 1 aromatic carbocycles. The number of nitrogens with zero attached hydrogens (tertiary/aromatic N) is 5. The van der Waals surface area contributed by atoms with Crippen LogP contribution >= 0.6 is 0 Å². The van der Waals surface area contributed by atoms with Gasteiger partial charge >= 0.3 is 0 Å². The van der Waals surface area contributed by atoms with E-state index < -0.39 is 0 Å². The molecule has 3 aromatic heterocycles. The van der Waals surface area contributed by atoms with Crippen molar-refractivity contribution < 1.29 is 0 Å². The van der Waals surface area contributed by atoms with Crippen LogP contribution in [0.25, 0.3) is 22.8 Å². The second kappa shape index (κ2) is 6.75. The second-order valence-electron chi connectivity index (χ2n) is 6.87. The maximum atomic E-state index is 4.64. The van der Waals surface area contributed by atoms with Gasteiger partial charge in [-0.3, -0.25) is 4.98 Å². The van der Waals surface area contributed by atoms with Crippen LogP contribution < -0.4 is 0 Å². The fraction of sp³-hybridized carbons (Fsp3) is 0.250. The predicted octanol–water partition coefficient (Wildman–Crippen LogP) is 3.31. The summed E-state index contributed by atoms with van der Waals surface area (Å²) in [6, 6.07) is 10.7. The fourth-order valence-electron chi connectivity index (χ4n) is 4.11. The average molecular weight is 357 g/mol. The number of H-pyrrole nitrogens is 2. The van der Waals surface area contributed by atoms with Gasteiger partial charge in [-0.05, 0) is 59.6 Å². The molecule has 1 unspecified atom stereocenters. The molecule has 0 bridgehead atoms. The van der Waals surface area contributed by atoms with Gasteiger partial charge < -0.3 is 4.98 Å². The molecule has 4 aromatic rings. The molecule has 1 atom stereocenters. The summed E-state index contributed by atoms with van der Waals surface area (Å²) in [4.78, 5) is 12.1. The lowest BCUT2D eigenvalue weighted by atomic mass is 9.78. The Labute approximate surface area is 156 Å². The Morgan fingerprint density at radius 1 is 1.11 bits per heavy atom. The van der Waals surface area contributed by atoms with Crippen LogP contribution in [0.1, 0.15) is 35.4 Å². The van der Waals surface area contributed by atoms with Gasteiger partial charge in [-0.2, -0.15) is 5.21 Å². The highest BCUT2D eigenvalue weighted by atomic mass is 15.5. The monoisotopic (exact) mass is 357 g/mol. The molecule has 0 aliphatic heterocycles. The Bertz CT molecular complexity index is 986. The fourth-order valence-corrected chi connectivity index (χ4v) is 4.11. The Hall–Kier alpha value is -3.35. The van der Waals surface area contributed by atoms with Gasteiger partial charge in [0, 0.05) is 18.0 Å². The van der Waals surface area contributed by atoms with Crippen molar-refractivity contribution in [2.75, 3.05) is 0 Å². The summed E-state index contributed by atoms with van der Waals surface area (Å²) in [5.41, 5.74) is 6.69. The molecule has 7 heteroatoms. The van der Waals surface area contributed by atoms with Crippen molar-refractivity contribution in [1.82, 2.24) is 35.6 Å². The van der Waals surface area contributed by atoms with Crippen molar-refractivity contribution in [1.29, 1.82) is 0 Å². The number of rotatable bonds is 4. The first-order chi connectivity index (χ1) is 13.4. The van der Waals surface area contributed by atoms with Gasteiger partial charge in [-0.15, -0.1) is 10.2 Å². The molecule has 3 heterocycles. The van der Waals surface area contributed by atoms with Crippen LogP contribution in [0, 0.1) is 0 Å². The molecule has 0 saturated carbocycles. The molecule has 0 spiro atoms. The van der Waals surface area contributed by atoms with E-state index in [1.807, 2.05) is 12.3 Å². The first-order valence-electron chi connectivity index (χ1n) is 9.19. The van der Waals surface area contributed by atoms with Gasteiger partial charge in [-0.25, -0.2) is 4.98 Å². The molecule has 134 valence electrons. The zero-order chi connectivity index (χ0) is 18.1. The maximum absolute atomic E-state index is 4.64. The van der Waals surface area contributed by atoms with E-state index in [1.165, 1.54) is 17.5 Å². The third-order valence-electron chi connectivity index (χ3n) is 5.33. The largest absolute Gasteiger partial charge is 0.351 e. The van der Waals surface area contributed by atoms with E-state index in [4.69, 9.17) is 0 Å². The lowest BCUT2D eigenvalue weighted by Crippen LogP contribution is -2.13. The number of pyridine rings is 1. The molecular formula is C20H19N7. The highest BCUT2D eigenvalue weighted by Gasteiger charge is 2.25. The predicted molar refractivity (Wildman–Crippen MR) is 101 cm³/mol. The van der Waals surface area contributed by atoms with Gasteiger partial charge in [0.2, 0.25) is 5.82 Å². The summed E-state index contributed by atoms with van der Waals surface area (Å²) in [6.07, 6.45) is 9.74. The van der Waals surface area contributed by atoms with Crippen LogP contribution in [0.3, 0.4) is 0 Å². The van der Waals surface area contributed by atoms with E-state index in [2.05, 4.69) is 59.8 Å². The number of aryl methyl sites for hydroxylation is 1. The summed E-state index contributed by atoms with van der Waals surface area (Å²) < 4.78 is 0. The third kappa shape index (κ3) is 2.91. The number of aromatic nitrogens is 7. The molecule has 0 saturated heterocycles. The molecule has 2 N–H and O–H groups in total. The number of tetrazole rings is 1. The SMILES string of the molecule is c1ccc2c(c1)CCCC2Cc1c(-c2nn[nH]n2)ccnc1-c1c[nH]cn1. The van der Waals surface area contributed by atoms with E-state index in [9.17, 15) is 0 Å². The summed E-state index contributed by atoms with van der Waals surface area (Å²) in [5.74, 6) is 1.04. The van der Waals surface area contributed by atoms with Crippen LogP contribution in [0.2, 0.25) is 0 Å². The summed E-state index contributed by atoms with van der Waals surface area (Å²) in [7, 11) is 0. The molecule has 1 aliphatic carbocycles. The maximum Gasteiger partial charge on any atom is 0.205 e. The standard InChI is InChI=1S/C20H19N7/c1-2-7-15-13(4-1)5-3-6-14(15)10-17-16(20-24-26-27-25-20)8-9-22-19(17)18-11-21-12-23-18/h1-2,4,7-9,11-12,14H,3,5-6,10H2,(H,21,23)(H,24,25,26,27). The Morgan fingerprint density at radius 3 is 2.93 bits per heavy atom. The summed E-state index contributed by atoms with van der Waals surface area (Å²) in [5, 5.41) is 14.7. The number of benzene rings is 1. The van der Waals surface area contributed by atoms with Crippen molar-refractivity contribution in [2.24, 2.45) is 0 Å². The number of nitrogens with one attached hydrogen (secondary N) is 2. The highest BCUT2D eigenvalue weighted by molar-refractivity contribution is 5.70. The Morgan fingerprint density at radius 2 is 2.07 bits per heavy atom. The van der Waals surface area contributed by atoms with Crippen LogP contribution in [0.15, 0.2) is 49.1 Å². The lowest BCUT2D eigenvalue weighted by Gasteiger charge is -2.26. The molecule has 0 radical (unpaired) electrons. The number of fused-ring (bicyclic) bond motifs is 1. The summed E-state index contributed by atoms with van der Waals surface area (Å²) >= 11 is 0. The van der Waals surface area contributed by atoms with E-state index in [0.29, 0.717) is 11.7 Å². The van der Waals surface area contributed by atoms with Crippen LogP contribution in [-0.2, 0) is 12.8 Å². The number of hydrogen-bond donors (Lipinski definition) is 2. The minimum Gasteiger partial charge on any atom is -0.351 e. The Kier molecular flexibility index (Phi) is 3.97. The quantitative estimate of drug-likeness (QED) is 0.584. The first kappa shape index (κ1) is 15.9. The van der Waals surface area contributed by atoms with Gasteiger partial charge in [-0.1, -0.05) is 24.3 Å². The zero-order valence-electron chi connectivity index (χ0n) is 14.8. The molecule has 0 fully saturated rings. The average Bonchev–Trinajstić information content (AvgIpc) is 3.43. The van der Waals surface area contributed by atoms with Crippen LogP contribution in [0.5, 0.6) is 0 Å². The van der Waals surface area contributed by atoms with Gasteiger partial charge in [0.1, 0.15) is 5.69 Å². The number of aromatic amines is 2. The van der Waals surface area contributed by atoms with E-state index in [-0.39, 0.29) is 0 Å². The molecule has 7 nitrogen and oxygen atoms in total.